The summed E-state index contributed by atoms with van der Waals surface area (Å²) in [7, 11) is 0. The van der Waals surface area contributed by atoms with E-state index in [0.717, 1.165) is 10.5 Å². The van der Waals surface area contributed by atoms with Gasteiger partial charge in [0.1, 0.15) is 5.52 Å². The fourth-order valence-corrected chi connectivity index (χ4v) is 4.14. The van der Waals surface area contributed by atoms with Crippen molar-refractivity contribution in [2.45, 2.75) is 16.6 Å². The average molecular weight is 402 g/mol. The number of rotatable bonds is 4. The fraction of sp³-hybridized carbons (Fsp3) is 0.0556. The summed E-state index contributed by atoms with van der Waals surface area (Å²) in [6.45, 7) is 0.628. The third-order valence-corrected chi connectivity index (χ3v) is 5.04. The van der Waals surface area contributed by atoms with Gasteiger partial charge in [-0.15, -0.1) is 0 Å². The molecule has 2 N–H and O–H groups in total. The van der Waals surface area contributed by atoms with Gasteiger partial charge in [0, 0.05) is 14.9 Å². The molecule has 0 aliphatic carbocycles. The van der Waals surface area contributed by atoms with Crippen molar-refractivity contribution < 1.29 is 0 Å². The summed E-state index contributed by atoms with van der Waals surface area (Å²) < 4.78 is 1.92. The molecule has 26 heavy (non-hydrogen) atoms. The van der Waals surface area contributed by atoms with Crippen LogP contribution in [-0.2, 0) is 6.54 Å². The predicted molar refractivity (Wildman–Crippen MR) is 104 cm³/mol. The number of hydrogen-bond donors (Lipinski definition) is 2. The Balaban J connectivity index is 1.73. The Morgan fingerprint density at radius 1 is 1.08 bits per heavy atom. The van der Waals surface area contributed by atoms with E-state index in [9.17, 15) is 0 Å². The van der Waals surface area contributed by atoms with E-state index in [1.54, 1.807) is 12.4 Å². The second-order valence-electron chi connectivity index (χ2n) is 5.65. The van der Waals surface area contributed by atoms with Crippen molar-refractivity contribution in [3.63, 3.8) is 0 Å². The number of nitrogens with one attached hydrogen (secondary N) is 2. The molecule has 0 unspecified atom stereocenters. The zero-order chi connectivity index (χ0) is 18.1. The molecule has 0 radical (unpaired) electrons. The second-order valence-corrected chi connectivity index (χ2v) is 7.59. The van der Waals surface area contributed by atoms with Crippen molar-refractivity contribution in [2.75, 3.05) is 0 Å². The van der Waals surface area contributed by atoms with Gasteiger partial charge in [0.05, 0.1) is 12.9 Å². The summed E-state index contributed by atoms with van der Waals surface area (Å²) in [5.41, 5.74) is 2.58. The maximum atomic E-state index is 8.05. The number of benzene rings is 2. The molecule has 0 saturated heterocycles. The van der Waals surface area contributed by atoms with Crippen LogP contribution in [0.5, 0.6) is 0 Å². The largest absolute Gasteiger partial charge is 0.328 e. The number of hydrogen-bond acceptors (Lipinski definition) is 4. The molecule has 130 valence electrons. The number of aromatic nitrogens is 4. The predicted octanol–water partition coefficient (Wildman–Crippen LogP) is 4.75. The van der Waals surface area contributed by atoms with E-state index in [2.05, 4.69) is 15.0 Å². The molecule has 0 aliphatic rings. The summed E-state index contributed by atoms with van der Waals surface area (Å²) in [6, 6.07) is 15.4. The molecular formula is C18H13Cl2N5S. The highest BCUT2D eigenvalue weighted by Crippen LogP contribution is 2.31. The highest BCUT2D eigenvalue weighted by atomic mass is 35.5. The summed E-state index contributed by atoms with van der Waals surface area (Å²) in [5, 5.41) is 9.84. The first-order valence-corrected chi connectivity index (χ1v) is 9.33. The quantitative estimate of drug-likeness (QED) is 0.518. The average Bonchev–Trinajstić information content (AvgIpc) is 3.02. The molecule has 2 heterocycles. The van der Waals surface area contributed by atoms with E-state index in [-0.39, 0.29) is 5.49 Å². The smallest absolute Gasteiger partial charge is 0.173 e. The number of fused-ring (bicyclic) bond motifs is 1. The van der Waals surface area contributed by atoms with E-state index in [4.69, 9.17) is 28.6 Å². The van der Waals surface area contributed by atoms with Crippen LogP contribution in [0.1, 0.15) is 5.56 Å². The van der Waals surface area contributed by atoms with Gasteiger partial charge in [0.15, 0.2) is 16.3 Å². The Bertz CT molecular complexity index is 1120. The lowest BCUT2D eigenvalue weighted by Gasteiger charge is -2.06. The molecular weight excluding hydrogens is 389 g/mol. The lowest BCUT2D eigenvalue weighted by Crippen LogP contribution is -2.13. The van der Waals surface area contributed by atoms with Gasteiger partial charge < -0.3 is 9.55 Å². The fourth-order valence-electron chi connectivity index (χ4n) is 2.61. The minimum absolute atomic E-state index is 0.160. The topological polar surface area (TPSA) is 70.3 Å². The van der Waals surface area contributed by atoms with Crippen molar-refractivity contribution in [1.29, 1.82) is 5.41 Å². The van der Waals surface area contributed by atoms with E-state index in [1.165, 1.54) is 11.8 Å². The first-order chi connectivity index (χ1) is 12.6. The van der Waals surface area contributed by atoms with Crippen molar-refractivity contribution in [3.8, 4) is 0 Å². The molecule has 0 bridgehead atoms. The molecule has 0 aliphatic heterocycles. The van der Waals surface area contributed by atoms with E-state index >= 15 is 0 Å². The van der Waals surface area contributed by atoms with Crippen LogP contribution in [0, 0.1) is 5.41 Å². The number of H-pyrrole nitrogens is 1. The van der Waals surface area contributed by atoms with Gasteiger partial charge >= 0.3 is 0 Å². The minimum atomic E-state index is 0.160. The highest BCUT2D eigenvalue weighted by Gasteiger charge is 2.11. The molecule has 0 fully saturated rings. The van der Waals surface area contributed by atoms with Gasteiger partial charge in [-0.25, -0.2) is 9.97 Å². The highest BCUT2D eigenvalue weighted by molar-refractivity contribution is 7.99. The zero-order valence-corrected chi connectivity index (χ0v) is 15.7. The molecule has 0 saturated carbocycles. The van der Waals surface area contributed by atoms with Crippen LogP contribution in [0.2, 0.25) is 10.0 Å². The van der Waals surface area contributed by atoms with Gasteiger partial charge in [-0.05, 0) is 23.8 Å². The van der Waals surface area contributed by atoms with Crippen molar-refractivity contribution in [1.82, 2.24) is 19.5 Å². The van der Waals surface area contributed by atoms with Gasteiger partial charge in [0.25, 0.3) is 0 Å². The molecule has 4 aromatic rings. The van der Waals surface area contributed by atoms with E-state index < -0.39 is 0 Å². The molecule has 0 amide bonds. The van der Waals surface area contributed by atoms with Crippen LogP contribution < -0.4 is 5.49 Å². The van der Waals surface area contributed by atoms with Gasteiger partial charge in [0.2, 0.25) is 0 Å². The molecule has 0 spiro atoms. The van der Waals surface area contributed by atoms with Gasteiger partial charge in [-0.2, -0.15) is 0 Å². The number of halogens is 2. The standard InChI is InChI=1S/C18H13Cl2N5S/c19-12-6-13(20)8-14(7-12)26-18-23-15-16(21)22-10-25(17(15)24-18)9-11-4-2-1-3-5-11/h1-8,10,21H,9H2,(H,23,24). The number of nitrogens with zero attached hydrogens (tertiary/aromatic N) is 3. The summed E-state index contributed by atoms with van der Waals surface area (Å²) in [5.74, 6) is 0. The molecule has 0 atom stereocenters. The van der Waals surface area contributed by atoms with Crippen molar-refractivity contribution in [3.05, 3.63) is 76.0 Å². The molecule has 2 aromatic heterocycles. The maximum Gasteiger partial charge on any atom is 0.173 e. The lowest BCUT2D eigenvalue weighted by molar-refractivity contribution is 0.782. The van der Waals surface area contributed by atoms with Crippen LogP contribution in [-0.4, -0.2) is 19.5 Å². The van der Waals surface area contributed by atoms with Crippen LogP contribution in [0.25, 0.3) is 11.2 Å². The normalized spacial score (nSPS) is 11.2. The first-order valence-electron chi connectivity index (χ1n) is 7.76. The van der Waals surface area contributed by atoms with Crippen molar-refractivity contribution in [2.24, 2.45) is 0 Å². The Kier molecular flexibility index (Phi) is 4.72. The molecule has 2 aromatic carbocycles. The Hall–Kier alpha value is -2.28. The van der Waals surface area contributed by atoms with Gasteiger partial charge in [-0.1, -0.05) is 65.3 Å². The molecule has 5 nitrogen and oxygen atoms in total. The van der Waals surface area contributed by atoms with E-state index in [1.807, 2.05) is 47.0 Å². The summed E-state index contributed by atoms with van der Waals surface area (Å²) in [4.78, 5) is 12.9. The summed E-state index contributed by atoms with van der Waals surface area (Å²) in [6.07, 6.45) is 1.64. The van der Waals surface area contributed by atoms with Crippen molar-refractivity contribution >= 4 is 46.1 Å². The monoisotopic (exact) mass is 401 g/mol. The minimum Gasteiger partial charge on any atom is -0.328 e. The van der Waals surface area contributed by atoms with Crippen LogP contribution in [0.3, 0.4) is 0 Å². The second kappa shape index (κ2) is 7.15. The van der Waals surface area contributed by atoms with Crippen LogP contribution >= 0.6 is 35.0 Å². The Morgan fingerprint density at radius 3 is 2.54 bits per heavy atom. The Labute approximate surface area is 163 Å². The molecule has 4 rings (SSSR count). The zero-order valence-electron chi connectivity index (χ0n) is 13.4. The molecule has 8 heteroatoms. The van der Waals surface area contributed by atoms with E-state index in [0.29, 0.717) is 32.9 Å². The first kappa shape index (κ1) is 17.1. The Morgan fingerprint density at radius 2 is 1.81 bits per heavy atom. The van der Waals surface area contributed by atoms with Crippen LogP contribution in [0.4, 0.5) is 0 Å². The SMILES string of the molecule is N=c1ncn(Cc2ccccc2)c2nc(Sc3cc(Cl)cc(Cl)c3)[nH]c12. The number of imidazole rings is 1. The third kappa shape index (κ3) is 3.62. The summed E-state index contributed by atoms with van der Waals surface area (Å²) >= 11 is 13.5. The van der Waals surface area contributed by atoms with Gasteiger partial charge in [-0.3, -0.25) is 5.41 Å². The van der Waals surface area contributed by atoms with Crippen LogP contribution in [0.15, 0.2) is 64.9 Å². The lowest BCUT2D eigenvalue weighted by atomic mass is 10.2. The third-order valence-electron chi connectivity index (χ3n) is 3.74. The number of aromatic amines is 1. The maximum absolute atomic E-state index is 8.05.